The van der Waals surface area contributed by atoms with Gasteiger partial charge in [-0.25, -0.2) is 4.98 Å². The van der Waals surface area contributed by atoms with Crippen molar-refractivity contribution < 1.29 is 14.0 Å². The molecule has 2 amide bonds. The number of furan rings is 1. The first kappa shape index (κ1) is 17.9. The number of carbonyl (C=O) groups excluding carboxylic acids is 2. The van der Waals surface area contributed by atoms with E-state index in [1.807, 2.05) is 6.92 Å². The third-order valence-corrected chi connectivity index (χ3v) is 4.87. The van der Waals surface area contributed by atoms with Crippen molar-refractivity contribution in [1.82, 2.24) is 4.98 Å². The Morgan fingerprint density at radius 2 is 1.73 bits per heavy atom. The fourth-order valence-corrected chi connectivity index (χ4v) is 3.47. The van der Waals surface area contributed by atoms with Crippen molar-refractivity contribution in [2.24, 2.45) is 0 Å². The molecule has 26 heavy (non-hydrogen) atoms. The molecule has 2 heterocycles. The van der Waals surface area contributed by atoms with Crippen LogP contribution < -0.4 is 10.6 Å². The van der Waals surface area contributed by atoms with Crippen molar-refractivity contribution >= 4 is 34.5 Å². The monoisotopic (exact) mass is 369 g/mol. The molecule has 2 aromatic heterocycles. The highest BCUT2D eigenvalue weighted by molar-refractivity contribution is 7.13. The van der Waals surface area contributed by atoms with E-state index in [0.29, 0.717) is 16.3 Å². The number of aryl methyl sites for hydroxylation is 2. The number of thiazole rings is 1. The molecule has 3 aromatic rings. The molecule has 0 bridgehead atoms. The smallest absolute Gasteiger partial charge is 0.291 e. The highest BCUT2D eigenvalue weighted by Gasteiger charge is 2.15. The van der Waals surface area contributed by atoms with Gasteiger partial charge in [0, 0.05) is 11.4 Å². The van der Waals surface area contributed by atoms with Crippen LogP contribution in [0.25, 0.3) is 0 Å². The van der Waals surface area contributed by atoms with Gasteiger partial charge in [-0.2, -0.15) is 0 Å². The lowest BCUT2D eigenvalue weighted by Crippen LogP contribution is -2.12. The Morgan fingerprint density at radius 1 is 1.08 bits per heavy atom. The number of amides is 2. The second-order valence-electron chi connectivity index (χ2n) is 5.74. The van der Waals surface area contributed by atoms with Gasteiger partial charge in [-0.15, -0.1) is 11.3 Å². The topological polar surface area (TPSA) is 84.2 Å². The molecular weight excluding hydrogens is 350 g/mol. The third-order valence-electron chi connectivity index (χ3n) is 3.66. The number of anilines is 2. The molecule has 0 saturated heterocycles. The Labute approximate surface area is 155 Å². The molecule has 7 heteroatoms. The molecule has 0 aliphatic heterocycles. The summed E-state index contributed by atoms with van der Waals surface area (Å²) in [5.74, 6) is -0.254. The van der Waals surface area contributed by atoms with Crippen molar-refractivity contribution in [3.8, 4) is 0 Å². The highest BCUT2D eigenvalue weighted by Crippen LogP contribution is 2.22. The number of aromatic nitrogens is 1. The van der Waals surface area contributed by atoms with Gasteiger partial charge in [0.15, 0.2) is 5.76 Å². The standard InChI is InChI=1S/C19H19N3O3S/c1-3-5-16-20-12(2)17(26-16)19(24)22-14-9-7-13(8-10-14)21-18(23)15-6-4-11-25-15/h4,6-11H,3,5H2,1-2H3,(H,21,23)(H,22,24). The minimum Gasteiger partial charge on any atom is -0.459 e. The first-order chi connectivity index (χ1) is 12.6. The fourth-order valence-electron chi connectivity index (χ4n) is 2.41. The van der Waals surface area contributed by atoms with Crippen LogP contribution in [0.4, 0.5) is 11.4 Å². The van der Waals surface area contributed by atoms with Gasteiger partial charge in [0.25, 0.3) is 11.8 Å². The SMILES string of the molecule is CCCc1nc(C)c(C(=O)Nc2ccc(NC(=O)c3ccco3)cc2)s1. The predicted molar refractivity (Wildman–Crippen MR) is 102 cm³/mol. The number of hydrogen-bond acceptors (Lipinski definition) is 5. The Kier molecular flexibility index (Phi) is 5.48. The Balaban J connectivity index is 1.63. The normalized spacial score (nSPS) is 10.5. The maximum Gasteiger partial charge on any atom is 0.291 e. The van der Waals surface area contributed by atoms with Crippen LogP contribution >= 0.6 is 11.3 Å². The maximum atomic E-state index is 12.4. The third kappa shape index (κ3) is 4.18. The van der Waals surface area contributed by atoms with E-state index in [9.17, 15) is 9.59 Å². The maximum absolute atomic E-state index is 12.4. The average molecular weight is 369 g/mol. The van der Waals surface area contributed by atoms with Gasteiger partial charge in [-0.3, -0.25) is 9.59 Å². The van der Waals surface area contributed by atoms with Crippen LogP contribution in [-0.2, 0) is 6.42 Å². The van der Waals surface area contributed by atoms with Crippen LogP contribution in [0.15, 0.2) is 47.1 Å². The molecule has 3 rings (SSSR count). The van der Waals surface area contributed by atoms with E-state index in [1.165, 1.54) is 17.6 Å². The largest absolute Gasteiger partial charge is 0.459 e. The summed E-state index contributed by atoms with van der Waals surface area (Å²) in [6.07, 6.45) is 3.32. The fraction of sp³-hybridized carbons (Fsp3) is 0.211. The average Bonchev–Trinajstić information content (AvgIpc) is 3.27. The van der Waals surface area contributed by atoms with Crippen molar-refractivity contribution in [3.63, 3.8) is 0 Å². The molecule has 1 aromatic carbocycles. The van der Waals surface area contributed by atoms with E-state index in [2.05, 4.69) is 22.5 Å². The van der Waals surface area contributed by atoms with Gasteiger partial charge in [-0.05, 0) is 56.2 Å². The lowest BCUT2D eigenvalue weighted by molar-refractivity contribution is 0.0994. The summed E-state index contributed by atoms with van der Waals surface area (Å²) in [5, 5.41) is 6.57. The second-order valence-corrected chi connectivity index (χ2v) is 6.82. The van der Waals surface area contributed by atoms with Crippen LogP contribution in [0.3, 0.4) is 0 Å². The first-order valence-corrected chi connectivity index (χ1v) is 9.11. The van der Waals surface area contributed by atoms with Crippen LogP contribution in [0.5, 0.6) is 0 Å². The summed E-state index contributed by atoms with van der Waals surface area (Å²) in [4.78, 5) is 29.4. The lowest BCUT2D eigenvalue weighted by Gasteiger charge is -2.07. The van der Waals surface area contributed by atoms with E-state index < -0.39 is 0 Å². The van der Waals surface area contributed by atoms with Crippen LogP contribution in [0.2, 0.25) is 0 Å². The number of rotatable bonds is 6. The van der Waals surface area contributed by atoms with Gasteiger partial charge < -0.3 is 15.1 Å². The summed E-state index contributed by atoms with van der Waals surface area (Å²) in [5.41, 5.74) is 2.01. The summed E-state index contributed by atoms with van der Waals surface area (Å²) in [6, 6.07) is 10.2. The molecule has 0 radical (unpaired) electrons. The van der Waals surface area contributed by atoms with Crippen molar-refractivity contribution in [2.45, 2.75) is 26.7 Å². The molecule has 134 valence electrons. The Morgan fingerprint density at radius 3 is 2.31 bits per heavy atom. The van der Waals surface area contributed by atoms with Gasteiger partial charge in [0.05, 0.1) is 17.0 Å². The minimum atomic E-state index is -0.324. The Bertz CT molecular complexity index is 899. The number of nitrogens with one attached hydrogen (secondary N) is 2. The van der Waals surface area contributed by atoms with Crippen LogP contribution in [-0.4, -0.2) is 16.8 Å². The van der Waals surface area contributed by atoms with Gasteiger partial charge in [0.2, 0.25) is 0 Å². The number of carbonyl (C=O) groups is 2. The minimum absolute atomic E-state index is 0.172. The van der Waals surface area contributed by atoms with E-state index in [1.54, 1.807) is 36.4 Å². The molecule has 0 saturated carbocycles. The highest BCUT2D eigenvalue weighted by atomic mass is 32.1. The van der Waals surface area contributed by atoms with Crippen molar-refractivity contribution in [3.05, 3.63) is 64.0 Å². The lowest BCUT2D eigenvalue weighted by atomic mass is 10.2. The van der Waals surface area contributed by atoms with Gasteiger partial charge >= 0.3 is 0 Å². The van der Waals surface area contributed by atoms with E-state index in [-0.39, 0.29) is 17.6 Å². The zero-order chi connectivity index (χ0) is 18.5. The Hall–Kier alpha value is -2.93. The van der Waals surface area contributed by atoms with Gasteiger partial charge in [-0.1, -0.05) is 6.92 Å². The van der Waals surface area contributed by atoms with E-state index in [0.717, 1.165) is 23.5 Å². The molecule has 0 aliphatic rings. The molecule has 0 spiro atoms. The quantitative estimate of drug-likeness (QED) is 0.670. The first-order valence-electron chi connectivity index (χ1n) is 8.29. The molecule has 0 atom stereocenters. The number of benzene rings is 1. The molecule has 2 N–H and O–H groups in total. The van der Waals surface area contributed by atoms with Crippen molar-refractivity contribution in [1.29, 1.82) is 0 Å². The van der Waals surface area contributed by atoms with Crippen LogP contribution in [0.1, 0.15) is 44.3 Å². The summed E-state index contributed by atoms with van der Waals surface area (Å²) >= 11 is 1.43. The zero-order valence-corrected chi connectivity index (χ0v) is 15.4. The number of nitrogens with zero attached hydrogens (tertiary/aromatic N) is 1. The molecular formula is C19H19N3O3S. The van der Waals surface area contributed by atoms with E-state index in [4.69, 9.17) is 4.42 Å². The van der Waals surface area contributed by atoms with Crippen LogP contribution in [0, 0.1) is 6.92 Å². The number of hydrogen-bond donors (Lipinski definition) is 2. The molecule has 0 unspecified atom stereocenters. The van der Waals surface area contributed by atoms with Gasteiger partial charge in [0.1, 0.15) is 4.88 Å². The summed E-state index contributed by atoms with van der Waals surface area (Å²) < 4.78 is 5.05. The second kappa shape index (κ2) is 7.97. The summed E-state index contributed by atoms with van der Waals surface area (Å²) in [6.45, 7) is 3.93. The summed E-state index contributed by atoms with van der Waals surface area (Å²) in [7, 11) is 0. The van der Waals surface area contributed by atoms with Crippen molar-refractivity contribution in [2.75, 3.05) is 10.6 Å². The zero-order valence-electron chi connectivity index (χ0n) is 14.5. The molecule has 0 fully saturated rings. The predicted octanol–water partition coefficient (Wildman–Crippen LogP) is 4.50. The molecule has 6 nitrogen and oxygen atoms in total. The molecule has 0 aliphatic carbocycles. The van der Waals surface area contributed by atoms with E-state index >= 15 is 0 Å².